The van der Waals surface area contributed by atoms with Crippen molar-refractivity contribution in [1.82, 2.24) is 5.32 Å². The van der Waals surface area contributed by atoms with Crippen molar-refractivity contribution in [2.45, 2.75) is 25.7 Å². The summed E-state index contributed by atoms with van der Waals surface area (Å²) < 4.78 is 17.1. The predicted octanol–water partition coefficient (Wildman–Crippen LogP) is 6.40. The van der Waals surface area contributed by atoms with E-state index in [1.165, 1.54) is 0 Å². The molecule has 0 bridgehead atoms. The van der Waals surface area contributed by atoms with Crippen molar-refractivity contribution in [2.75, 3.05) is 24.7 Å². The minimum Gasteiger partial charge on any atom is -0.494 e. The highest BCUT2D eigenvalue weighted by molar-refractivity contribution is 7.80. The van der Waals surface area contributed by atoms with Gasteiger partial charge in [0.1, 0.15) is 17.2 Å². The smallest absolute Gasteiger partial charge is 0.418 e. The average Bonchev–Trinajstić information content (AvgIpc) is 3.30. The van der Waals surface area contributed by atoms with Gasteiger partial charge in [0.15, 0.2) is 5.11 Å². The van der Waals surface area contributed by atoms with Crippen LogP contribution in [0.25, 0.3) is 0 Å². The number of hydrogen-bond acceptors (Lipinski definition) is 5. The number of nitrogens with one attached hydrogen (secondary N) is 1. The molecular weight excluding hydrogens is 484 g/mol. The van der Waals surface area contributed by atoms with Gasteiger partial charge in [0.25, 0.3) is 0 Å². The molecule has 1 heterocycles. The number of carbonyl (C=O) groups excluding carboxylic acids is 1. The number of thiocarbonyl (C=S) groups is 1. The first-order valence-electron chi connectivity index (χ1n) is 11.6. The fourth-order valence-electron chi connectivity index (χ4n) is 3.81. The summed E-state index contributed by atoms with van der Waals surface area (Å²) in [5, 5.41) is 3.66. The van der Waals surface area contributed by atoms with Crippen LogP contribution in [-0.2, 0) is 6.42 Å². The monoisotopic (exact) mass is 510 g/mol. The Bertz CT molecular complexity index is 1140. The molecule has 1 aliphatic heterocycles. The first kappa shape index (κ1) is 24.8. The highest BCUT2D eigenvalue weighted by atomic mass is 35.5. The maximum absolute atomic E-state index is 12.2. The van der Waals surface area contributed by atoms with Crippen molar-refractivity contribution in [3.8, 4) is 17.2 Å². The minimum atomic E-state index is -0.609. The van der Waals surface area contributed by atoms with Gasteiger partial charge in [-0.25, -0.2) is 4.79 Å². The molecule has 0 unspecified atom stereocenters. The third-order valence-electron chi connectivity index (χ3n) is 5.52. The topological polar surface area (TPSA) is 60.0 Å². The molecule has 3 aromatic rings. The van der Waals surface area contributed by atoms with Gasteiger partial charge in [0.05, 0.1) is 18.9 Å². The van der Waals surface area contributed by atoms with E-state index >= 15 is 0 Å². The zero-order chi connectivity index (χ0) is 24.5. The van der Waals surface area contributed by atoms with Gasteiger partial charge in [0, 0.05) is 17.1 Å². The Morgan fingerprint density at radius 2 is 1.63 bits per heavy atom. The predicted molar refractivity (Wildman–Crippen MR) is 142 cm³/mol. The van der Waals surface area contributed by atoms with Crippen LogP contribution in [-0.4, -0.2) is 31.0 Å². The number of rotatable bonds is 9. The Kier molecular flexibility index (Phi) is 8.81. The Balaban J connectivity index is 1.20. The summed E-state index contributed by atoms with van der Waals surface area (Å²) in [5.74, 6) is 2.15. The lowest BCUT2D eigenvalue weighted by atomic mass is 10.1. The zero-order valence-corrected chi connectivity index (χ0v) is 20.8. The SMILES string of the molecule is O=C(NC(=S)N1CCc2c(OCCCCCOc3ccc(Cl)cc3)cccc21)Oc1ccccc1. The summed E-state index contributed by atoms with van der Waals surface area (Å²) >= 11 is 11.4. The van der Waals surface area contributed by atoms with E-state index in [0.29, 0.717) is 35.6 Å². The van der Waals surface area contributed by atoms with Crippen molar-refractivity contribution in [3.05, 3.63) is 83.4 Å². The number of anilines is 1. The van der Waals surface area contributed by atoms with Crippen molar-refractivity contribution >= 4 is 40.7 Å². The van der Waals surface area contributed by atoms with E-state index in [2.05, 4.69) is 5.32 Å². The lowest BCUT2D eigenvalue weighted by Crippen LogP contribution is -2.43. The summed E-state index contributed by atoms with van der Waals surface area (Å²) in [6, 6.07) is 22.2. The molecule has 182 valence electrons. The second-order valence-corrected chi connectivity index (χ2v) is 8.82. The van der Waals surface area contributed by atoms with Crippen molar-refractivity contribution in [3.63, 3.8) is 0 Å². The fraction of sp³-hybridized carbons (Fsp3) is 0.259. The molecule has 0 atom stereocenters. The van der Waals surface area contributed by atoms with Crippen molar-refractivity contribution < 1.29 is 19.0 Å². The number of ether oxygens (including phenoxy) is 3. The van der Waals surface area contributed by atoms with Crippen LogP contribution in [0.15, 0.2) is 72.8 Å². The number of hydrogen-bond donors (Lipinski definition) is 1. The average molecular weight is 511 g/mol. The summed E-state index contributed by atoms with van der Waals surface area (Å²) in [7, 11) is 0. The molecule has 8 heteroatoms. The Morgan fingerprint density at radius 3 is 2.40 bits per heavy atom. The quantitative estimate of drug-likeness (QED) is 0.265. The number of unbranched alkanes of at least 4 members (excludes halogenated alkanes) is 2. The molecule has 0 spiro atoms. The van der Waals surface area contributed by atoms with Gasteiger partial charge >= 0.3 is 6.09 Å². The maximum atomic E-state index is 12.2. The van der Waals surface area contributed by atoms with E-state index in [4.69, 9.17) is 38.0 Å². The molecule has 0 saturated carbocycles. The van der Waals surface area contributed by atoms with Crippen LogP contribution in [0.4, 0.5) is 10.5 Å². The van der Waals surface area contributed by atoms with Gasteiger partial charge in [-0.1, -0.05) is 35.9 Å². The van der Waals surface area contributed by atoms with Crippen LogP contribution in [0, 0.1) is 0 Å². The lowest BCUT2D eigenvalue weighted by Gasteiger charge is -2.20. The number of carbonyl (C=O) groups is 1. The Morgan fingerprint density at radius 1 is 0.886 bits per heavy atom. The van der Waals surface area contributed by atoms with E-state index in [1.54, 1.807) is 24.3 Å². The van der Waals surface area contributed by atoms with Gasteiger partial charge in [-0.2, -0.15) is 0 Å². The molecule has 35 heavy (non-hydrogen) atoms. The molecule has 0 fully saturated rings. The molecular formula is C27H27ClN2O4S. The second kappa shape index (κ2) is 12.4. The van der Waals surface area contributed by atoms with Crippen molar-refractivity contribution in [2.24, 2.45) is 0 Å². The molecule has 0 saturated heterocycles. The minimum absolute atomic E-state index is 0.308. The third-order valence-corrected chi connectivity index (χ3v) is 6.10. The molecule has 4 rings (SSSR count). The first-order chi connectivity index (χ1) is 17.1. The second-order valence-electron chi connectivity index (χ2n) is 8.00. The molecule has 1 amide bonds. The van der Waals surface area contributed by atoms with Crippen LogP contribution in [0.3, 0.4) is 0 Å². The fourth-order valence-corrected chi connectivity index (χ4v) is 4.21. The van der Waals surface area contributed by atoms with E-state index in [0.717, 1.165) is 48.4 Å². The normalized spacial score (nSPS) is 12.1. The van der Waals surface area contributed by atoms with E-state index < -0.39 is 6.09 Å². The van der Waals surface area contributed by atoms with Gasteiger partial charge in [-0.15, -0.1) is 0 Å². The maximum Gasteiger partial charge on any atom is 0.418 e. The number of fused-ring (bicyclic) bond motifs is 1. The molecule has 0 aliphatic carbocycles. The zero-order valence-electron chi connectivity index (χ0n) is 19.2. The van der Waals surface area contributed by atoms with Gasteiger partial charge < -0.3 is 19.1 Å². The van der Waals surface area contributed by atoms with Crippen LogP contribution < -0.4 is 24.4 Å². The number of amides is 1. The molecule has 3 aromatic carbocycles. The number of benzene rings is 3. The number of halogens is 1. The summed E-state index contributed by atoms with van der Waals surface area (Å²) in [6.07, 6.45) is 3.07. The standard InChI is InChI=1S/C27H27ClN2O4S/c28-20-12-14-21(15-13-20)32-18-5-2-6-19-33-25-11-7-10-24-23(25)16-17-30(24)26(35)29-27(31)34-22-8-3-1-4-9-22/h1,3-4,7-15H,2,5-6,16-19H2,(H,29,31,35). The van der Waals surface area contributed by atoms with Crippen LogP contribution in [0.2, 0.25) is 5.02 Å². The van der Waals surface area contributed by atoms with Crippen LogP contribution in [0.5, 0.6) is 17.2 Å². The Hall–Kier alpha value is -3.29. The molecule has 1 aliphatic rings. The van der Waals surface area contributed by atoms with Gasteiger partial charge in [-0.3, -0.25) is 5.32 Å². The number of para-hydroxylation sites is 1. The summed E-state index contributed by atoms with van der Waals surface area (Å²) in [5.41, 5.74) is 2.04. The van der Waals surface area contributed by atoms with E-state index in [-0.39, 0.29) is 0 Å². The van der Waals surface area contributed by atoms with Crippen LogP contribution in [0.1, 0.15) is 24.8 Å². The van der Waals surface area contributed by atoms with Crippen molar-refractivity contribution in [1.29, 1.82) is 0 Å². The third kappa shape index (κ3) is 7.10. The lowest BCUT2D eigenvalue weighted by molar-refractivity contribution is 0.206. The highest BCUT2D eigenvalue weighted by Crippen LogP contribution is 2.35. The molecule has 1 N–H and O–H groups in total. The summed E-state index contributed by atoms with van der Waals surface area (Å²) in [4.78, 5) is 14.1. The highest BCUT2D eigenvalue weighted by Gasteiger charge is 2.26. The van der Waals surface area contributed by atoms with E-state index in [9.17, 15) is 4.79 Å². The van der Waals surface area contributed by atoms with Gasteiger partial charge in [-0.05, 0) is 86.4 Å². The molecule has 0 radical (unpaired) electrons. The number of nitrogens with zero attached hydrogens (tertiary/aromatic N) is 1. The van der Waals surface area contributed by atoms with Gasteiger partial charge in [0.2, 0.25) is 0 Å². The van der Waals surface area contributed by atoms with Crippen LogP contribution >= 0.6 is 23.8 Å². The van der Waals surface area contributed by atoms with E-state index in [1.807, 2.05) is 53.4 Å². The Labute approximate surface area is 215 Å². The summed E-state index contributed by atoms with van der Waals surface area (Å²) in [6.45, 7) is 1.96. The first-order valence-corrected chi connectivity index (χ1v) is 12.4. The molecule has 6 nitrogen and oxygen atoms in total. The largest absolute Gasteiger partial charge is 0.494 e. The molecule has 0 aromatic heterocycles.